The van der Waals surface area contributed by atoms with Crippen molar-refractivity contribution in [2.24, 2.45) is 5.92 Å². The number of piperidine rings is 1. The molecule has 3 aromatic rings. The lowest BCUT2D eigenvalue weighted by Gasteiger charge is -2.29. The third-order valence-corrected chi connectivity index (χ3v) is 5.18. The lowest BCUT2D eigenvalue weighted by Crippen LogP contribution is -2.37. The number of hydrogen-bond donors (Lipinski definition) is 0. The summed E-state index contributed by atoms with van der Waals surface area (Å²) in [6, 6.07) is 12.8. The number of ether oxygens (including phenoxy) is 3. The van der Waals surface area contributed by atoms with Gasteiger partial charge in [-0.25, -0.2) is 4.79 Å². The molecule has 0 N–H and O–H groups in total. The van der Waals surface area contributed by atoms with E-state index < -0.39 is 5.97 Å². The number of anilines is 1. The van der Waals surface area contributed by atoms with Crippen LogP contribution in [0.2, 0.25) is 0 Å². The Morgan fingerprint density at radius 1 is 1.07 bits per heavy atom. The normalized spacial score (nSPS) is 14.5. The van der Waals surface area contributed by atoms with Gasteiger partial charge in [0.2, 0.25) is 0 Å². The Morgan fingerprint density at radius 3 is 2.53 bits per heavy atom. The van der Waals surface area contributed by atoms with Crippen LogP contribution in [0.4, 0.5) is 6.01 Å². The summed E-state index contributed by atoms with van der Waals surface area (Å²) in [6.45, 7) is 1.29. The topological polar surface area (TPSA) is 91.1 Å². The van der Waals surface area contributed by atoms with Crippen molar-refractivity contribution in [1.29, 1.82) is 0 Å². The smallest absolute Gasteiger partial charge is 0.337 e. The monoisotopic (exact) mass is 410 g/mol. The van der Waals surface area contributed by atoms with Crippen molar-refractivity contribution in [2.75, 3.05) is 32.2 Å². The van der Waals surface area contributed by atoms with Gasteiger partial charge in [0.15, 0.2) is 17.1 Å². The maximum Gasteiger partial charge on any atom is 0.337 e. The molecule has 1 aliphatic heterocycles. The SMILES string of the molecule is COC(=O)c1ccc(OC(=O)C2CCN(c3nc4ccccc4o3)CC2)c(OC)c1. The van der Waals surface area contributed by atoms with Crippen LogP contribution in [0.15, 0.2) is 46.9 Å². The van der Waals surface area contributed by atoms with Gasteiger partial charge in [-0.15, -0.1) is 0 Å². The summed E-state index contributed by atoms with van der Waals surface area (Å²) in [4.78, 5) is 30.9. The fourth-order valence-corrected chi connectivity index (χ4v) is 3.49. The average Bonchev–Trinajstić information content (AvgIpc) is 3.23. The third kappa shape index (κ3) is 3.94. The number of carbonyl (C=O) groups excluding carboxylic acids is 2. The highest BCUT2D eigenvalue weighted by molar-refractivity contribution is 5.90. The number of hydrogen-bond acceptors (Lipinski definition) is 8. The highest BCUT2D eigenvalue weighted by Gasteiger charge is 2.29. The first kappa shape index (κ1) is 19.8. The predicted molar refractivity (Wildman–Crippen MR) is 109 cm³/mol. The minimum atomic E-state index is -0.488. The molecular weight excluding hydrogens is 388 g/mol. The van der Waals surface area contributed by atoms with Gasteiger partial charge in [0.05, 0.1) is 25.7 Å². The number of oxazole rings is 1. The second-order valence-corrected chi connectivity index (χ2v) is 7.00. The number of fused-ring (bicyclic) bond motifs is 1. The zero-order chi connectivity index (χ0) is 21.1. The van der Waals surface area contributed by atoms with E-state index in [1.807, 2.05) is 29.2 Å². The van der Waals surface area contributed by atoms with Gasteiger partial charge in [-0.2, -0.15) is 4.98 Å². The van der Waals surface area contributed by atoms with Gasteiger partial charge >= 0.3 is 11.9 Å². The lowest BCUT2D eigenvalue weighted by molar-refractivity contribution is -0.139. The van der Waals surface area contributed by atoms with Gasteiger partial charge < -0.3 is 23.5 Å². The Balaban J connectivity index is 1.39. The molecule has 1 saturated heterocycles. The number of aromatic nitrogens is 1. The number of para-hydroxylation sites is 2. The second kappa shape index (κ2) is 8.44. The largest absolute Gasteiger partial charge is 0.493 e. The van der Waals surface area contributed by atoms with Gasteiger partial charge in [0.25, 0.3) is 6.01 Å². The maximum atomic E-state index is 12.7. The maximum absolute atomic E-state index is 12.7. The van der Waals surface area contributed by atoms with Crippen molar-refractivity contribution in [1.82, 2.24) is 4.98 Å². The van der Waals surface area contributed by atoms with E-state index in [0.29, 0.717) is 43.3 Å². The molecule has 1 aliphatic rings. The van der Waals surface area contributed by atoms with E-state index in [4.69, 9.17) is 18.6 Å². The highest BCUT2D eigenvalue weighted by atomic mass is 16.6. The van der Waals surface area contributed by atoms with Crippen molar-refractivity contribution < 1.29 is 28.2 Å². The van der Waals surface area contributed by atoms with E-state index in [0.717, 1.165) is 11.1 Å². The second-order valence-electron chi connectivity index (χ2n) is 7.00. The Morgan fingerprint density at radius 2 is 1.83 bits per heavy atom. The van der Waals surface area contributed by atoms with Crippen LogP contribution >= 0.6 is 0 Å². The number of esters is 2. The van der Waals surface area contributed by atoms with Crippen molar-refractivity contribution >= 4 is 29.1 Å². The van der Waals surface area contributed by atoms with Crippen LogP contribution in [-0.2, 0) is 9.53 Å². The molecule has 0 spiro atoms. The number of benzene rings is 2. The highest BCUT2D eigenvalue weighted by Crippen LogP contribution is 2.31. The number of nitrogens with zero attached hydrogens (tertiary/aromatic N) is 2. The Labute approximate surface area is 173 Å². The van der Waals surface area contributed by atoms with Crippen LogP contribution in [-0.4, -0.2) is 44.2 Å². The summed E-state index contributed by atoms with van der Waals surface area (Å²) < 4.78 is 21.3. The van der Waals surface area contributed by atoms with E-state index in [1.54, 1.807) is 0 Å². The minimum Gasteiger partial charge on any atom is -0.493 e. The molecule has 2 heterocycles. The summed E-state index contributed by atoms with van der Waals surface area (Å²) in [5, 5.41) is 0. The summed E-state index contributed by atoms with van der Waals surface area (Å²) >= 11 is 0. The van der Waals surface area contributed by atoms with Gasteiger partial charge in [0.1, 0.15) is 5.52 Å². The molecule has 30 heavy (non-hydrogen) atoms. The standard InChI is InChI=1S/C22H22N2O6/c1-27-19-13-15(20(25)28-2)7-8-18(19)29-21(26)14-9-11-24(12-10-14)22-23-16-5-3-4-6-17(16)30-22/h3-8,13-14H,9-12H2,1-2H3. The van der Waals surface area contributed by atoms with Crippen molar-refractivity contribution in [2.45, 2.75) is 12.8 Å². The minimum absolute atomic E-state index is 0.240. The summed E-state index contributed by atoms with van der Waals surface area (Å²) in [7, 11) is 2.75. The first-order valence-corrected chi connectivity index (χ1v) is 9.67. The summed E-state index contributed by atoms with van der Waals surface area (Å²) in [5.74, 6) is -0.476. The Kier molecular flexibility index (Phi) is 5.56. The van der Waals surface area contributed by atoms with Gasteiger partial charge in [0, 0.05) is 13.1 Å². The fraction of sp³-hybridized carbons (Fsp3) is 0.318. The van der Waals surface area contributed by atoms with Crippen LogP contribution in [0.25, 0.3) is 11.1 Å². The molecule has 4 rings (SSSR count). The Bertz CT molecular complexity index is 1040. The van der Waals surface area contributed by atoms with Gasteiger partial charge in [-0.05, 0) is 43.2 Å². The summed E-state index contributed by atoms with van der Waals surface area (Å²) in [6.07, 6.45) is 1.25. The molecule has 1 aromatic heterocycles. The fourth-order valence-electron chi connectivity index (χ4n) is 3.49. The molecule has 1 fully saturated rings. The molecule has 156 valence electrons. The van der Waals surface area contributed by atoms with E-state index in [1.165, 1.54) is 32.4 Å². The molecule has 0 unspecified atom stereocenters. The molecule has 0 atom stereocenters. The predicted octanol–water partition coefficient (Wildman–Crippen LogP) is 3.45. The molecule has 8 heteroatoms. The molecular formula is C22H22N2O6. The average molecular weight is 410 g/mol. The van der Waals surface area contributed by atoms with Crippen LogP contribution in [0.3, 0.4) is 0 Å². The van der Waals surface area contributed by atoms with E-state index >= 15 is 0 Å². The first-order chi connectivity index (χ1) is 14.6. The molecule has 0 bridgehead atoms. The van der Waals surface area contributed by atoms with Crippen molar-refractivity contribution in [3.8, 4) is 11.5 Å². The molecule has 0 radical (unpaired) electrons. The molecule has 0 saturated carbocycles. The van der Waals surface area contributed by atoms with Crippen LogP contribution < -0.4 is 14.4 Å². The molecule has 8 nitrogen and oxygen atoms in total. The van der Waals surface area contributed by atoms with Crippen LogP contribution in [0, 0.1) is 5.92 Å². The van der Waals surface area contributed by atoms with Gasteiger partial charge in [-0.3, -0.25) is 4.79 Å². The van der Waals surface area contributed by atoms with Crippen molar-refractivity contribution in [3.05, 3.63) is 48.0 Å². The zero-order valence-corrected chi connectivity index (χ0v) is 16.8. The number of rotatable bonds is 5. The van der Waals surface area contributed by atoms with Gasteiger partial charge in [-0.1, -0.05) is 12.1 Å². The Hall–Kier alpha value is -3.55. The van der Waals surface area contributed by atoms with E-state index in [-0.39, 0.29) is 17.6 Å². The van der Waals surface area contributed by atoms with Crippen LogP contribution in [0.5, 0.6) is 11.5 Å². The van der Waals surface area contributed by atoms with Crippen LogP contribution in [0.1, 0.15) is 23.2 Å². The first-order valence-electron chi connectivity index (χ1n) is 9.67. The number of methoxy groups -OCH3 is 2. The van der Waals surface area contributed by atoms with Crippen molar-refractivity contribution in [3.63, 3.8) is 0 Å². The quantitative estimate of drug-likeness (QED) is 0.467. The summed E-state index contributed by atoms with van der Waals surface area (Å²) in [5.41, 5.74) is 1.88. The lowest BCUT2D eigenvalue weighted by atomic mass is 9.97. The molecule has 0 amide bonds. The molecule has 2 aromatic carbocycles. The molecule has 0 aliphatic carbocycles. The van der Waals surface area contributed by atoms with E-state index in [9.17, 15) is 9.59 Å². The van der Waals surface area contributed by atoms with E-state index in [2.05, 4.69) is 4.98 Å². The number of carbonyl (C=O) groups is 2. The third-order valence-electron chi connectivity index (χ3n) is 5.18. The zero-order valence-electron chi connectivity index (χ0n) is 16.8.